The van der Waals surface area contributed by atoms with Gasteiger partial charge in [0.15, 0.2) is 0 Å². The number of thioether (sulfide) groups is 1. The second-order valence-corrected chi connectivity index (χ2v) is 4.52. The number of nitrogens with two attached hydrogens (primary N) is 1. The SMILES string of the molecule is CC(N)CSCC(O)c1ccccc1. The van der Waals surface area contributed by atoms with Gasteiger partial charge in [-0.1, -0.05) is 30.3 Å². The molecule has 0 fully saturated rings. The van der Waals surface area contributed by atoms with Gasteiger partial charge in [-0.2, -0.15) is 11.8 Å². The molecular formula is C11H17NOS. The molecule has 0 saturated heterocycles. The van der Waals surface area contributed by atoms with Crippen LogP contribution in [0.5, 0.6) is 0 Å². The Hall–Kier alpha value is -0.510. The van der Waals surface area contributed by atoms with Crippen LogP contribution in [0.3, 0.4) is 0 Å². The molecule has 1 aromatic carbocycles. The molecular weight excluding hydrogens is 194 g/mol. The first-order valence-electron chi connectivity index (χ1n) is 4.76. The maximum atomic E-state index is 9.77. The van der Waals surface area contributed by atoms with Gasteiger partial charge in [-0.25, -0.2) is 0 Å². The third-order valence-corrected chi connectivity index (χ3v) is 3.15. The lowest BCUT2D eigenvalue weighted by Gasteiger charge is -2.11. The van der Waals surface area contributed by atoms with Crippen molar-refractivity contribution in [2.24, 2.45) is 5.73 Å². The van der Waals surface area contributed by atoms with Gasteiger partial charge in [0.2, 0.25) is 0 Å². The molecule has 3 N–H and O–H groups in total. The van der Waals surface area contributed by atoms with Gasteiger partial charge in [-0.15, -0.1) is 0 Å². The Kier molecular flexibility index (Phi) is 5.01. The molecule has 78 valence electrons. The van der Waals surface area contributed by atoms with Crippen LogP contribution in [-0.4, -0.2) is 22.7 Å². The fourth-order valence-electron chi connectivity index (χ4n) is 1.14. The summed E-state index contributed by atoms with van der Waals surface area (Å²) in [5.41, 5.74) is 6.59. The molecule has 0 saturated carbocycles. The van der Waals surface area contributed by atoms with Gasteiger partial charge >= 0.3 is 0 Å². The van der Waals surface area contributed by atoms with Crippen molar-refractivity contribution in [2.75, 3.05) is 11.5 Å². The van der Waals surface area contributed by atoms with Crippen LogP contribution in [0.1, 0.15) is 18.6 Å². The molecule has 0 aliphatic rings. The van der Waals surface area contributed by atoms with Gasteiger partial charge in [0.1, 0.15) is 0 Å². The minimum atomic E-state index is -0.375. The lowest BCUT2D eigenvalue weighted by molar-refractivity contribution is 0.204. The summed E-state index contributed by atoms with van der Waals surface area (Å²) in [5.74, 6) is 1.61. The fraction of sp³-hybridized carbons (Fsp3) is 0.455. The zero-order chi connectivity index (χ0) is 10.4. The molecule has 0 heterocycles. The van der Waals surface area contributed by atoms with E-state index < -0.39 is 0 Å². The molecule has 1 aromatic rings. The average Bonchev–Trinajstić information content (AvgIpc) is 2.18. The van der Waals surface area contributed by atoms with Crippen LogP contribution in [0.15, 0.2) is 30.3 Å². The Morgan fingerprint density at radius 1 is 1.29 bits per heavy atom. The minimum Gasteiger partial charge on any atom is -0.388 e. The van der Waals surface area contributed by atoms with E-state index >= 15 is 0 Å². The van der Waals surface area contributed by atoms with Crippen LogP contribution in [0.25, 0.3) is 0 Å². The van der Waals surface area contributed by atoms with Gasteiger partial charge in [0, 0.05) is 17.5 Å². The lowest BCUT2D eigenvalue weighted by Crippen LogP contribution is -2.18. The Bertz CT molecular complexity index is 251. The summed E-state index contributed by atoms with van der Waals surface area (Å²) in [6.07, 6.45) is -0.375. The van der Waals surface area contributed by atoms with Crippen molar-refractivity contribution < 1.29 is 5.11 Å². The van der Waals surface area contributed by atoms with Crippen LogP contribution in [0, 0.1) is 0 Å². The highest BCUT2D eigenvalue weighted by atomic mass is 32.2. The third-order valence-electron chi connectivity index (χ3n) is 1.84. The molecule has 2 nitrogen and oxygen atoms in total. The first-order valence-corrected chi connectivity index (χ1v) is 5.92. The van der Waals surface area contributed by atoms with Gasteiger partial charge in [0.05, 0.1) is 6.10 Å². The summed E-state index contributed by atoms with van der Waals surface area (Å²) in [7, 11) is 0. The normalized spacial score (nSPS) is 15.1. The topological polar surface area (TPSA) is 46.2 Å². The Morgan fingerprint density at radius 3 is 2.50 bits per heavy atom. The first kappa shape index (κ1) is 11.6. The maximum absolute atomic E-state index is 9.77. The minimum absolute atomic E-state index is 0.197. The molecule has 0 bridgehead atoms. The predicted molar refractivity (Wildman–Crippen MR) is 62.4 cm³/mol. The van der Waals surface area contributed by atoms with E-state index in [4.69, 9.17) is 5.73 Å². The number of rotatable bonds is 5. The summed E-state index contributed by atoms with van der Waals surface area (Å²) < 4.78 is 0. The van der Waals surface area contributed by atoms with E-state index in [1.807, 2.05) is 37.3 Å². The van der Waals surface area contributed by atoms with Crippen molar-refractivity contribution in [1.29, 1.82) is 0 Å². The molecule has 0 radical (unpaired) electrons. The van der Waals surface area contributed by atoms with E-state index in [9.17, 15) is 5.11 Å². The molecule has 0 aliphatic carbocycles. The van der Waals surface area contributed by atoms with E-state index in [1.54, 1.807) is 11.8 Å². The highest BCUT2D eigenvalue weighted by Gasteiger charge is 2.06. The van der Waals surface area contributed by atoms with Crippen molar-refractivity contribution in [2.45, 2.75) is 19.1 Å². The maximum Gasteiger partial charge on any atom is 0.0880 e. The van der Waals surface area contributed by atoms with Crippen molar-refractivity contribution in [3.05, 3.63) is 35.9 Å². The number of hydrogen-bond donors (Lipinski definition) is 2. The second kappa shape index (κ2) is 6.06. The monoisotopic (exact) mass is 211 g/mol. The van der Waals surface area contributed by atoms with Crippen LogP contribution >= 0.6 is 11.8 Å². The average molecular weight is 211 g/mol. The highest BCUT2D eigenvalue weighted by Crippen LogP contribution is 2.17. The molecule has 2 unspecified atom stereocenters. The number of aliphatic hydroxyl groups is 1. The number of hydrogen-bond acceptors (Lipinski definition) is 3. The molecule has 0 amide bonds. The quantitative estimate of drug-likeness (QED) is 0.780. The zero-order valence-corrected chi connectivity index (χ0v) is 9.20. The lowest BCUT2D eigenvalue weighted by atomic mass is 10.1. The fourth-order valence-corrected chi connectivity index (χ4v) is 2.06. The van der Waals surface area contributed by atoms with E-state index in [0.717, 1.165) is 11.3 Å². The largest absolute Gasteiger partial charge is 0.388 e. The van der Waals surface area contributed by atoms with Crippen molar-refractivity contribution in [1.82, 2.24) is 0 Å². The number of benzene rings is 1. The smallest absolute Gasteiger partial charge is 0.0880 e. The van der Waals surface area contributed by atoms with Gasteiger partial charge < -0.3 is 10.8 Å². The summed E-state index contributed by atoms with van der Waals surface area (Å²) in [6.45, 7) is 1.97. The predicted octanol–water partition coefficient (Wildman–Crippen LogP) is 1.80. The van der Waals surface area contributed by atoms with Gasteiger partial charge in [0.25, 0.3) is 0 Å². The van der Waals surface area contributed by atoms with Crippen LogP contribution in [0.2, 0.25) is 0 Å². The first-order chi connectivity index (χ1) is 6.70. The van der Waals surface area contributed by atoms with Crippen molar-refractivity contribution in [3.8, 4) is 0 Å². The van der Waals surface area contributed by atoms with Crippen LogP contribution < -0.4 is 5.73 Å². The summed E-state index contributed by atoms with van der Waals surface area (Å²) in [6, 6.07) is 9.91. The molecule has 2 atom stereocenters. The van der Waals surface area contributed by atoms with E-state index in [1.165, 1.54) is 0 Å². The summed E-state index contributed by atoms with van der Waals surface area (Å²) in [5, 5.41) is 9.77. The van der Waals surface area contributed by atoms with Crippen molar-refractivity contribution >= 4 is 11.8 Å². The Morgan fingerprint density at radius 2 is 1.93 bits per heavy atom. The van der Waals surface area contributed by atoms with E-state index in [2.05, 4.69) is 0 Å². The molecule has 0 aromatic heterocycles. The Labute approximate surface area is 89.5 Å². The van der Waals surface area contributed by atoms with E-state index in [0.29, 0.717) is 5.75 Å². The van der Waals surface area contributed by atoms with Gasteiger partial charge in [-0.05, 0) is 12.5 Å². The second-order valence-electron chi connectivity index (χ2n) is 3.44. The Balaban J connectivity index is 2.32. The molecule has 14 heavy (non-hydrogen) atoms. The van der Waals surface area contributed by atoms with Crippen LogP contribution in [0.4, 0.5) is 0 Å². The van der Waals surface area contributed by atoms with E-state index in [-0.39, 0.29) is 12.1 Å². The molecule has 0 aliphatic heterocycles. The van der Waals surface area contributed by atoms with Crippen molar-refractivity contribution in [3.63, 3.8) is 0 Å². The highest BCUT2D eigenvalue weighted by molar-refractivity contribution is 7.99. The number of aliphatic hydroxyl groups excluding tert-OH is 1. The molecule has 3 heteroatoms. The standard InChI is InChI=1S/C11H17NOS/c1-9(12)7-14-8-11(13)10-5-3-2-4-6-10/h2-6,9,11,13H,7-8,12H2,1H3. The van der Waals surface area contributed by atoms with Crippen LogP contribution in [-0.2, 0) is 0 Å². The third kappa shape index (κ3) is 4.13. The zero-order valence-electron chi connectivity index (χ0n) is 8.39. The summed E-state index contributed by atoms with van der Waals surface area (Å²) in [4.78, 5) is 0. The summed E-state index contributed by atoms with van der Waals surface area (Å²) >= 11 is 1.69. The van der Waals surface area contributed by atoms with Gasteiger partial charge in [-0.3, -0.25) is 0 Å². The molecule has 1 rings (SSSR count). The molecule has 0 spiro atoms.